The SMILES string of the molecule is CC1=CCC[C@H](C)[C@H]1CN1CCN([C@H](C)C(=O)N2CCOCC2)CC1. The Morgan fingerprint density at radius 2 is 1.88 bits per heavy atom. The van der Waals surface area contributed by atoms with E-state index >= 15 is 0 Å². The molecule has 0 saturated carbocycles. The second kappa shape index (κ2) is 8.65. The third-order valence-corrected chi connectivity index (χ3v) is 6.45. The summed E-state index contributed by atoms with van der Waals surface area (Å²) in [6.07, 6.45) is 5.01. The minimum absolute atomic E-state index is 0.00418. The van der Waals surface area contributed by atoms with E-state index in [0.717, 1.165) is 45.2 Å². The zero-order valence-corrected chi connectivity index (χ0v) is 16.2. The fraction of sp³-hybridized carbons (Fsp3) is 0.850. The number of allylic oxidation sites excluding steroid dienone is 1. The van der Waals surface area contributed by atoms with E-state index in [1.807, 2.05) is 4.90 Å². The van der Waals surface area contributed by atoms with Crippen molar-refractivity contribution >= 4 is 5.91 Å². The van der Waals surface area contributed by atoms with Crippen LogP contribution in [0.4, 0.5) is 0 Å². The minimum Gasteiger partial charge on any atom is -0.378 e. The van der Waals surface area contributed by atoms with Gasteiger partial charge in [0.1, 0.15) is 0 Å². The highest BCUT2D eigenvalue weighted by Gasteiger charge is 2.31. The average Bonchev–Trinajstić information content (AvgIpc) is 2.65. The number of amides is 1. The van der Waals surface area contributed by atoms with Crippen molar-refractivity contribution in [1.29, 1.82) is 0 Å². The zero-order valence-electron chi connectivity index (χ0n) is 16.2. The zero-order chi connectivity index (χ0) is 17.8. The first kappa shape index (κ1) is 18.9. The lowest BCUT2D eigenvalue weighted by Crippen LogP contribution is -2.56. The molecule has 0 aromatic carbocycles. The van der Waals surface area contributed by atoms with E-state index in [1.54, 1.807) is 5.57 Å². The van der Waals surface area contributed by atoms with Gasteiger partial charge in [-0.25, -0.2) is 0 Å². The van der Waals surface area contributed by atoms with Crippen LogP contribution in [0.15, 0.2) is 11.6 Å². The van der Waals surface area contributed by atoms with Gasteiger partial charge in [-0.1, -0.05) is 18.6 Å². The lowest BCUT2D eigenvalue weighted by Gasteiger charge is -2.41. The second-order valence-electron chi connectivity index (χ2n) is 8.06. The van der Waals surface area contributed by atoms with Crippen LogP contribution in [0.25, 0.3) is 0 Å². The van der Waals surface area contributed by atoms with Gasteiger partial charge in [0.05, 0.1) is 19.3 Å². The number of hydrogen-bond donors (Lipinski definition) is 0. The van der Waals surface area contributed by atoms with Crippen molar-refractivity contribution < 1.29 is 9.53 Å². The average molecular weight is 350 g/mol. The Bertz CT molecular complexity index is 479. The van der Waals surface area contributed by atoms with Crippen molar-refractivity contribution in [3.8, 4) is 0 Å². The van der Waals surface area contributed by atoms with Crippen LogP contribution in [0.3, 0.4) is 0 Å². The van der Waals surface area contributed by atoms with Crippen molar-refractivity contribution in [1.82, 2.24) is 14.7 Å². The van der Waals surface area contributed by atoms with Crippen LogP contribution in [-0.4, -0.2) is 85.7 Å². The monoisotopic (exact) mass is 349 g/mol. The van der Waals surface area contributed by atoms with E-state index in [1.165, 1.54) is 19.4 Å². The van der Waals surface area contributed by atoms with E-state index in [4.69, 9.17) is 4.74 Å². The molecular weight excluding hydrogens is 314 g/mol. The van der Waals surface area contributed by atoms with Gasteiger partial charge in [-0.15, -0.1) is 0 Å². The molecule has 2 aliphatic heterocycles. The quantitative estimate of drug-likeness (QED) is 0.726. The number of carbonyl (C=O) groups excluding carboxylic acids is 1. The van der Waals surface area contributed by atoms with Gasteiger partial charge in [-0.2, -0.15) is 0 Å². The van der Waals surface area contributed by atoms with Crippen molar-refractivity contribution in [2.75, 3.05) is 59.0 Å². The van der Waals surface area contributed by atoms with Gasteiger partial charge in [0.2, 0.25) is 5.91 Å². The molecule has 3 atom stereocenters. The lowest BCUT2D eigenvalue weighted by molar-refractivity contribution is -0.141. The summed E-state index contributed by atoms with van der Waals surface area (Å²) >= 11 is 0. The maximum atomic E-state index is 12.7. The van der Waals surface area contributed by atoms with Crippen LogP contribution in [0.1, 0.15) is 33.6 Å². The van der Waals surface area contributed by atoms with Crippen LogP contribution in [0.2, 0.25) is 0 Å². The Balaban J connectivity index is 1.47. The first-order chi connectivity index (χ1) is 12.1. The largest absolute Gasteiger partial charge is 0.378 e. The van der Waals surface area contributed by atoms with Crippen molar-refractivity contribution in [3.05, 3.63) is 11.6 Å². The minimum atomic E-state index is -0.00418. The van der Waals surface area contributed by atoms with Gasteiger partial charge < -0.3 is 14.5 Å². The van der Waals surface area contributed by atoms with Gasteiger partial charge in [-0.05, 0) is 38.5 Å². The number of carbonyl (C=O) groups is 1. The molecule has 1 aliphatic carbocycles. The molecule has 0 bridgehead atoms. The van der Waals surface area contributed by atoms with E-state index in [9.17, 15) is 4.79 Å². The topological polar surface area (TPSA) is 36.0 Å². The number of hydrogen-bond acceptors (Lipinski definition) is 4. The predicted octanol–water partition coefficient (Wildman–Crippen LogP) is 1.84. The molecule has 0 aromatic rings. The molecule has 2 saturated heterocycles. The van der Waals surface area contributed by atoms with Crippen LogP contribution in [-0.2, 0) is 9.53 Å². The Labute approximate surface area is 153 Å². The molecule has 25 heavy (non-hydrogen) atoms. The molecule has 0 N–H and O–H groups in total. The van der Waals surface area contributed by atoms with Gasteiger partial charge in [0.15, 0.2) is 0 Å². The molecule has 2 fully saturated rings. The van der Waals surface area contributed by atoms with Gasteiger partial charge in [0.25, 0.3) is 0 Å². The first-order valence-corrected chi connectivity index (χ1v) is 10.1. The highest BCUT2D eigenvalue weighted by atomic mass is 16.5. The summed E-state index contributed by atoms with van der Waals surface area (Å²) in [4.78, 5) is 19.6. The van der Waals surface area contributed by atoms with Gasteiger partial charge >= 0.3 is 0 Å². The Kier molecular flexibility index (Phi) is 6.53. The number of piperazine rings is 1. The highest BCUT2D eigenvalue weighted by Crippen LogP contribution is 2.31. The third-order valence-electron chi connectivity index (χ3n) is 6.45. The van der Waals surface area contributed by atoms with E-state index < -0.39 is 0 Å². The highest BCUT2D eigenvalue weighted by molar-refractivity contribution is 5.81. The summed E-state index contributed by atoms with van der Waals surface area (Å²) in [7, 11) is 0. The fourth-order valence-corrected chi connectivity index (χ4v) is 4.51. The van der Waals surface area contributed by atoms with E-state index in [0.29, 0.717) is 19.1 Å². The molecule has 0 spiro atoms. The third kappa shape index (κ3) is 4.63. The summed E-state index contributed by atoms with van der Waals surface area (Å²) in [5.41, 5.74) is 1.58. The molecular formula is C20H35N3O2. The molecule has 142 valence electrons. The molecule has 5 heteroatoms. The summed E-state index contributed by atoms with van der Waals surface area (Å²) in [6, 6.07) is -0.00418. The molecule has 0 aromatic heterocycles. The smallest absolute Gasteiger partial charge is 0.239 e. The van der Waals surface area contributed by atoms with Crippen molar-refractivity contribution in [2.24, 2.45) is 11.8 Å². The Morgan fingerprint density at radius 3 is 2.52 bits per heavy atom. The van der Waals surface area contributed by atoms with Crippen molar-refractivity contribution in [2.45, 2.75) is 39.7 Å². The second-order valence-corrected chi connectivity index (χ2v) is 8.06. The maximum Gasteiger partial charge on any atom is 0.239 e. The fourth-order valence-electron chi connectivity index (χ4n) is 4.51. The molecule has 0 unspecified atom stereocenters. The molecule has 1 amide bonds. The number of nitrogens with zero attached hydrogens (tertiary/aromatic N) is 3. The lowest BCUT2D eigenvalue weighted by atomic mass is 9.79. The summed E-state index contributed by atoms with van der Waals surface area (Å²) in [5.74, 6) is 1.79. The molecule has 5 nitrogen and oxygen atoms in total. The van der Waals surface area contributed by atoms with E-state index in [2.05, 4.69) is 36.6 Å². The number of ether oxygens (including phenoxy) is 1. The Hall–Kier alpha value is -0.910. The van der Waals surface area contributed by atoms with Crippen LogP contribution in [0, 0.1) is 11.8 Å². The van der Waals surface area contributed by atoms with Gasteiger partial charge in [-0.3, -0.25) is 9.69 Å². The molecule has 0 radical (unpaired) electrons. The van der Waals surface area contributed by atoms with Crippen LogP contribution in [0.5, 0.6) is 0 Å². The molecule has 2 heterocycles. The molecule has 3 rings (SSSR count). The van der Waals surface area contributed by atoms with Crippen LogP contribution < -0.4 is 0 Å². The van der Waals surface area contributed by atoms with Crippen molar-refractivity contribution in [3.63, 3.8) is 0 Å². The summed E-state index contributed by atoms with van der Waals surface area (Å²) in [5, 5.41) is 0. The number of morpholine rings is 1. The number of rotatable bonds is 4. The molecule has 3 aliphatic rings. The first-order valence-electron chi connectivity index (χ1n) is 10.1. The van der Waals surface area contributed by atoms with Crippen LogP contribution >= 0.6 is 0 Å². The normalized spacial score (nSPS) is 30.8. The van der Waals surface area contributed by atoms with Gasteiger partial charge in [0, 0.05) is 45.8 Å². The Morgan fingerprint density at radius 1 is 1.20 bits per heavy atom. The summed E-state index contributed by atoms with van der Waals surface area (Å²) < 4.78 is 5.36. The maximum absolute atomic E-state index is 12.7. The summed E-state index contributed by atoms with van der Waals surface area (Å²) in [6.45, 7) is 15.0. The standard InChI is InChI=1S/C20H35N3O2/c1-16-5-4-6-17(2)19(16)15-21-7-9-22(10-8-21)18(3)20(24)23-11-13-25-14-12-23/h5,17-19H,4,6-15H2,1-3H3/t17-,18+,19-/m0/s1. The predicted molar refractivity (Wildman–Crippen MR) is 101 cm³/mol. The van der Waals surface area contributed by atoms with E-state index in [-0.39, 0.29) is 11.9 Å².